The molecule has 0 radical (unpaired) electrons. The van der Waals surface area contributed by atoms with Gasteiger partial charge in [-0.1, -0.05) is 34.1 Å². The first kappa shape index (κ1) is 22.6. The van der Waals surface area contributed by atoms with Gasteiger partial charge in [0.05, 0.1) is 0 Å². The molecule has 1 amide bonds. The molecule has 0 unspecified atom stereocenters. The summed E-state index contributed by atoms with van der Waals surface area (Å²) in [7, 11) is -2.46. The molecule has 26 heavy (non-hydrogen) atoms. The van der Waals surface area contributed by atoms with Gasteiger partial charge in [0.15, 0.2) is 31.6 Å². The molecule has 0 atom stereocenters. The van der Waals surface area contributed by atoms with Crippen molar-refractivity contribution in [1.29, 1.82) is 0 Å². The van der Waals surface area contributed by atoms with Crippen molar-refractivity contribution in [3.8, 4) is 0 Å². The molecular weight excluding hydrogens is 373 g/mol. The zero-order valence-electron chi connectivity index (χ0n) is 15.2. The third-order valence-corrected chi connectivity index (χ3v) is 9.88. The predicted octanol–water partition coefficient (Wildman–Crippen LogP) is 4.65. The summed E-state index contributed by atoms with van der Waals surface area (Å²) in [4.78, 5) is 22.5. The molecule has 1 aromatic rings. The van der Waals surface area contributed by atoms with Crippen molar-refractivity contribution in [2.45, 2.75) is 57.7 Å². The molecule has 2 N–H and O–H groups in total. The van der Waals surface area contributed by atoms with Crippen LogP contribution < -0.4 is 5.32 Å². The van der Waals surface area contributed by atoms with Gasteiger partial charge in [-0.2, -0.15) is 0 Å². The number of amides is 1. The zero-order valence-corrected chi connectivity index (χ0v) is 16.2. The second-order valence-corrected chi connectivity index (χ2v) is 11.8. The van der Waals surface area contributed by atoms with Gasteiger partial charge in [0.1, 0.15) is 5.56 Å². The second-order valence-electron chi connectivity index (χ2n) is 6.96. The molecule has 0 aromatic heterocycles. The van der Waals surface area contributed by atoms with Crippen LogP contribution in [0.25, 0.3) is 0 Å². The lowest BCUT2D eigenvalue weighted by molar-refractivity contribution is 0.0941. The fourth-order valence-electron chi connectivity index (χ4n) is 2.87. The van der Waals surface area contributed by atoms with Gasteiger partial charge in [-0.05, 0) is 23.5 Å². The Bertz CT molecular complexity index is 630. The molecule has 9 heteroatoms. The van der Waals surface area contributed by atoms with Crippen LogP contribution in [-0.4, -0.2) is 25.6 Å². The van der Waals surface area contributed by atoms with Gasteiger partial charge >= 0.3 is 0 Å². The molecule has 1 rings (SSSR count). The number of nitrogens with one attached hydrogen (secondary N) is 1. The van der Waals surface area contributed by atoms with Crippen LogP contribution in [0.3, 0.4) is 0 Å². The van der Waals surface area contributed by atoms with Crippen LogP contribution in [0.1, 0.15) is 50.9 Å². The number of benzene rings is 1. The average Bonchev–Trinajstić information content (AvgIpc) is 2.57. The lowest BCUT2D eigenvalue weighted by Gasteiger charge is -2.33. The topological polar surface area (TPSA) is 49.3 Å². The fraction of sp³-hybridized carbons (Fsp3) is 0.588. The van der Waals surface area contributed by atoms with E-state index < -0.39 is 48.9 Å². The van der Waals surface area contributed by atoms with Gasteiger partial charge in [-0.25, -0.2) is 22.0 Å². The molecular formula is C17H24F5NO2Si. The summed E-state index contributed by atoms with van der Waals surface area (Å²) >= 11 is 0. The van der Waals surface area contributed by atoms with Gasteiger partial charge in [-0.3, -0.25) is 4.79 Å². The second kappa shape index (κ2) is 8.94. The molecule has 1 aromatic carbocycles. The molecule has 0 bridgehead atoms. The van der Waals surface area contributed by atoms with E-state index in [2.05, 4.69) is 5.32 Å². The minimum absolute atomic E-state index is 0.000994. The molecule has 0 fully saturated rings. The van der Waals surface area contributed by atoms with E-state index in [9.17, 15) is 31.5 Å². The molecule has 0 aliphatic rings. The number of carbonyl (C=O) groups excluding carboxylic acids is 1. The number of hydrogen-bond donors (Lipinski definition) is 2. The van der Waals surface area contributed by atoms with Gasteiger partial charge in [0.25, 0.3) is 5.91 Å². The van der Waals surface area contributed by atoms with Crippen molar-refractivity contribution in [3.63, 3.8) is 0 Å². The quantitative estimate of drug-likeness (QED) is 0.221. The van der Waals surface area contributed by atoms with E-state index in [-0.39, 0.29) is 17.6 Å². The summed E-state index contributed by atoms with van der Waals surface area (Å²) in [6, 6.07) is 0.598. The largest absolute Gasteiger partial charge is 0.431 e. The normalized spacial score (nSPS) is 12.2. The zero-order chi connectivity index (χ0) is 20.2. The molecule has 3 nitrogen and oxygen atoms in total. The van der Waals surface area contributed by atoms with E-state index in [4.69, 9.17) is 0 Å². The van der Waals surface area contributed by atoms with Crippen LogP contribution in [0, 0.1) is 29.1 Å². The van der Waals surface area contributed by atoms with Gasteiger partial charge in [0.2, 0.25) is 5.82 Å². The van der Waals surface area contributed by atoms with Crippen LogP contribution in [0.4, 0.5) is 22.0 Å². The maximum Gasteiger partial charge on any atom is 0.257 e. The third kappa shape index (κ3) is 4.62. The van der Waals surface area contributed by atoms with Crippen molar-refractivity contribution in [1.82, 2.24) is 5.32 Å². The van der Waals surface area contributed by atoms with Crippen molar-refractivity contribution < 1.29 is 31.5 Å². The Morgan fingerprint density at radius 3 is 1.73 bits per heavy atom. The highest BCUT2D eigenvalue weighted by atomic mass is 28.4. The molecule has 0 aliphatic carbocycles. The van der Waals surface area contributed by atoms with Crippen molar-refractivity contribution >= 4 is 14.2 Å². The summed E-state index contributed by atoms with van der Waals surface area (Å²) in [5, 5.41) is 2.16. The summed E-state index contributed by atoms with van der Waals surface area (Å²) in [6.45, 7) is 7.82. The van der Waals surface area contributed by atoms with Gasteiger partial charge in [0, 0.05) is 6.54 Å². The Hall–Kier alpha value is -1.48. The van der Waals surface area contributed by atoms with Crippen LogP contribution in [-0.2, 0) is 0 Å². The number of hydrogen-bond acceptors (Lipinski definition) is 2. The highest BCUT2D eigenvalue weighted by Crippen LogP contribution is 2.34. The van der Waals surface area contributed by atoms with Crippen molar-refractivity contribution in [3.05, 3.63) is 34.6 Å². The monoisotopic (exact) mass is 397 g/mol. The van der Waals surface area contributed by atoms with E-state index in [1.165, 1.54) is 0 Å². The Morgan fingerprint density at radius 2 is 1.31 bits per heavy atom. The molecule has 0 heterocycles. The summed E-state index contributed by atoms with van der Waals surface area (Å²) in [5.74, 6) is -12.3. The van der Waals surface area contributed by atoms with Crippen molar-refractivity contribution in [2.24, 2.45) is 0 Å². The summed E-state index contributed by atoms with van der Waals surface area (Å²) in [6.07, 6.45) is 0.992. The number of unbranched alkanes of at least 4 members (excludes halogenated alkanes) is 1. The van der Waals surface area contributed by atoms with Crippen LogP contribution in [0.2, 0.25) is 17.1 Å². The van der Waals surface area contributed by atoms with Crippen LogP contribution in [0.5, 0.6) is 0 Å². The first-order valence-corrected chi connectivity index (χ1v) is 10.8. The standard InChI is InChI=1S/C17H24F5NO2Si/c1-9(2)26(25,10(3)4)8-6-5-7-23-17(24)11-12(18)14(20)16(22)15(21)13(11)19/h9-10,25H,5-8H2,1-4H3,(H,23,24). The highest BCUT2D eigenvalue weighted by Gasteiger charge is 2.37. The highest BCUT2D eigenvalue weighted by molar-refractivity contribution is 6.75. The predicted molar refractivity (Wildman–Crippen MR) is 90.8 cm³/mol. The molecule has 0 aliphatic heterocycles. The minimum Gasteiger partial charge on any atom is -0.431 e. The lowest BCUT2D eigenvalue weighted by atomic mass is 10.1. The molecule has 0 saturated carbocycles. The first-order valence-electron chi connectivity index (χ1n) is 8.47. The van der Waals surface area contributed by atoms with E-state index in [1.807, 2.05) is 27.7 Å². The fourth-order valence-corrected chi connectivity index (χ4v) is 6.18. The summed E-state index contributed by atoms with van der Waals surface area (Å²) < 4.78 is 66.3. The Kier molecular flexibility index (Phi) is 7.76. The number of carbonyl (C=O) groups is 1. The lowest BCUT2D eigenvalue weighted by Crippen LogP contribution is -2.41. The van der Waals surface area contributed by atoms with E-state index in [0.717, 1.165) is 0 Å². The van der Waals surface area contributed by atoms with E-state index in [1.54, 1.807) is 0 Å². The Labute approximate surface area is 150 Å². The van der Waals surface area contributed by atoms with Crippen LogP contribution in [0.15, 0.2) is 0 Å². The van der Waals surface area contributed by atoms with Gasteiger partial charge < -0.3 is 10.1 Å². The Balaban J connectivity index is 2.67. The average molecular weight is 397 g/mol. The van der Waals surface area contributed by atoms with E-state index in [0.29, 0.717) is 18.9 Å². The minimum atomic E-state index is -2.46. The van der Waals surface area contributed by atoms with E-state index >= 15 is 0 Å². The number of rotatable bonds is 8. The summed E-state index contributed by atoms with van der Waals surface area (Å²) in [5.41, 5.74) is -1.17. The SMILES string of the molecule is CC(C)[Si](O)(CCCCNC(=O)c1c(F)c(F)c(F)c(F)c1F)C(C)C. The van der Waals surface area contributed by atoms with Gasteiger partial charge in [-0.15, -0.1) is 0 Å². The number of halogens is 5. The maximum atomic E-state index is 13.6. The smallest absolute Gasteiger partial charge is 0.257 e. The Morgan fingerprint density at radius 1 is 0.885 bits per heavy atom. The maximum absolute atomic E-state index is 13.6. The molecule has 0 saturated heterocycles. The first-order chi connectivity index (χ1) is 11.9. The van der Waals surface area contributed by atoms with Crippen LogP contribution >= 0.6 is 0 Å². The molecule has 0 spiro atoms. The van der Waals surface area contributed by atoms with Crippen molar-refractivity contribution in [2.75, 3.05) is 6.54 Å². The molecule has 148 valence electrons. The third-order valence-electron chi connectivity index (χ3n) is 4.73.